The lowest BCUT2D eigenvalue weighted by Gasteiger charge is -1.97. The molecule has 0 aliphatic heterocycles. The fourth-order valence-corrected chi connectivity index (χ4v) is 2.27. The number of aromatic amines is 1. The van der Waals surface area contributed by atoms with Gasteiger partial charge in [0.15, 0.2) is 5.76 Å². The molecule has 2 aromatic heterocycles. The van der Waals surface area contributed by atoms with E-state index in [-0.39, 0.29) is 0 Å². The molecule has 5 nitrogen and oxygen atoms in total. The van der Waals surface area contributed by atoms with Crippen molar-refractivity contribution in [3.63, 3.8) is 0 Å². The van der Waals surface area contributed by atoms with Crippen molar-refractivity contribution in [3.8, 4) is 11.6 Å². The zero-order chi connectivity index (χ0) is 13.9. The average Bonchev–Trinajstić information content (AvgIpc) is 3.06. The maximum absolute atomic E-state index is 5.31. The van der Waals surface area contributed by atoms with E-state index in [2.05, 4.69) is 31.2 Å². The Morgan fingerprint density at radius 2 is 2.25 bits per heavy atom. The second kappa shape index (κ2) is 5.56. The largest absolute Gasteiger partial charge is 0.461 e. The van der Waals surface area contributed by atoms with Gasteiger partial charge in [-0.05, 0) is 42.0 Å². The van der Waals surface area contributed by atoms with Crippen LogP contribution in [0.3, 0.4) is 0 Å². The van der Waals surface area contributed by atoms with E-state index in [1.54, 1.807) is 24.6 Å². The highest BCUT2D eigenvalue weighted by Gasteiger charge is 2.10. The number of hydrogen-bond acceptors (Lipinski definition) is 4. The van der Waals surface area contributed by atoms with Crippen molar-refractivity contribution in [2.45, 2.75) is 0 Å². The minimum Gasteiger partial charge on any atom is -0.461 e. The molecule has 0 radical (unpaired) electrons. The molecule has 1 aromatic carbocycles. The first kappa shape index (κ1) is 13.0. The van der Waals surface area contributed by atoms with E-state index in [4.69, 9.17) is 16.6 Å². The number of H-pyrrole nitrogens is 1. The van der Waals surface area contributed by atoms with E-state index in [0.717, 1.165) is 10.0 Å². The van der Waals surface area contributed by atoms with Crippen molar-refractivity contribution in [2.75, 3.05) is 0 Å². The SMILES string of the molecule is S=c1[nH]nc(-c2ccco2)n1/N=C/c1cccc(Br)c1. The minimum absolute atomic E-state index is 0.405. The molecular weight excluding hydrogens is 340 g/mol. The fraction of sp³-hybridized carbons (Fsp3) is 0. The van der Waals surface area contributed by atoms with Gasteiger partial charge in [-0.15, -0.1) is 5.10 Å². The molecule has 0 amide bonds. The van der Waals surface area contributed by atoms with Crippen LogP contribution in [0.15, 0.2) is 56.7 Å². The number of benzene rings is 1. The van der Waals surface area contributed by atoms with Gasteiger partial charge in [-0.1, -0.05) is 28.1 Å². The summed E-state index contributed by atoms with van der Waals surface area (Å²) in [6.45, 7) is 0. The summed E-state index contributed by atoms with van der Waals surface area (Å²) in [5.41, 5.74) is 0.952. The molecule has 1 N–H and O–H groups in total. The van der Waals surface area contributed by atoms with Gasteiger partial charge in [0.05, 0.1) is 12.5 Å². The van der Waals surface area contributed by atoms with Gasteiger partial charge in [0, 0.05) is 4.47 Å². The van der Waals surface area contributed by atoms with E-state index in [1.165, 1.54) is 4.68 Å². The van der Waals surface area contributed by atoms with Gasteiger partial charge in [0.25, 0.3) is 0 Å². The molecule has 0 fully saturated rings. The number of aromatic nitrogens is 3. The van der Waals surface area contributed by atoms with Crippen molar-refractivity contribution < 1.29 is 4.42 Å². The second-order valence-electron chi connectivity index (χ2n) is 3.94. The quantitative estimate of drug-likeness (QED) is 0.577. The lowest BCUT2D eigenvalue weighted by atomic mass is 10.2. The van der Waals surface area contributed by atoms with E-state index in [0.29, 0.717) is 16.4 Å². The third-order valence-corrected chi connectivity index (χ3v) is 3.32. The Balaban J connectivity index is 1.99. The first-order valence-corrected chi connectivity index (χ1v) is 6.95. The molecule has 3 aromatic rings. The summed E-state index contributed by atoms with van der Waals surface area (Å²) in [5, 5.41) is 11.2. The number of halogens is 1. The summed E-state index contributed by atoms with van der Waals surface area (Å²) >= 11 is 8.59. The summed E-state index contributed by atoms with van der Waals surface area (Å²) < 4.78 is 8.23. The molecule has 0 saturated heterocycles. The van der Waals surface area contributed by atoms with Crippen LogP contribution < -0.4 is 0 Å². The highest BCUT2D eigenvalue weighted by Crippen LogP contribution is 2.17. The molecule has 0 spiro atoms. The summed E-state index contributed by atoms with van der Waals surface area (Å²) in [5.74, 6) is 1.13. The molecule has 20 heavy (non-hydrogen) atoms. The van der Waals surface area contributed by atoms with Gasteiger partial charge >= 0.3 is 0 Å². The molecular formula is C13H9BrN4OS. The third kappa shape index (κ3) is 2.63. The lowest BCUT2D eigenvalue weighted by molar-refractivity contribution is 0.573. The summed E-state index contributed by atoms with van der Waals surface area (Å²) in [7, 11) is 0. The van der Waals surface area contributed by atoms with Crippen molar-refractivity contribution in [1.82, 2.24) is 14.9 Å². The predicted octanol–water partition coefficient (Wildman–Crippen LogP) is 3.85. The molecule has 0 aliphatic rings. The van der Waals surface area contributed by atoms with Gasteiger partial charge in [-0.3, -0.25) is 0 Å². The lowest BCUT2D eigenvalue weighted by Crippen LogP contribution is -1.94. The average molecular weight is 349 g/mol. The van der Waals surface area contributed by atoms with Crippen LogP contribution in [0.4, 0.5) is 0 Å². The molecule has 7 heteroatoms. The van der Waals surface area contributed by atoms with E-state index >= 15 is 0 Å². The number of nitrogens with one attached hydrogen (secondary N) is 1. The Morgan fingerprint density at radius 1 is 1.35 bits per heavy atom. The maximum Gasteiger partial charge on any atom is 0.219 e. The third-order valence-electron chi connectivity index (χ3n) is 2.56. The highest BCUT2D eigenvalue weighted by molar-refractivity contribution is 9.10. The van der Waals surface area contributed by atoms with E-state index < -0.39 is 0 Å². The molecule has 3 rings (SSSR count). The topological polar surface area (TPSA) is 59.1 Å². The van der Waals surface area contributed by atoms with Gasteiger partial charge in [-0.25, -0.2) is 5.10 Å². The van der Waals surface area contributed by atoms with E-state index in [1.807, 2.05) is 24.3 Å². The molecule has 0 saturated carbocycles. The molecule has 0 atom stereocenters. The van der Waals surface area contributed by atoms with E-state index in [9.17, 15) is 0 Å². The minimum atomic E-state index is 0.405. The van der Waals surface area contributed by atoms with Crippen LogP contribution in [0.25, 0.3) is 11.6 Å². The summed E-state index contributed by atoms with van der Waals surface area (Å²) in [6.07, 6.45) is 3.29. The van der Waals surface area contributed by atoms with Crippen molar-refractivity contribution in [1.29, 1.82) is 0 Å². The van der Waals surface area contributed by atoms with Crippen LogP contribution >= 0.6 is 28.1 Å². The van der Waals surface area contributed by atoms with Crippen LogP contribution in [0.5, 0.6) is 0 Å². The molecule has 0 aliphatic carbocycles. The molecule has 0 unspecified atom stereocenters. The molecule has 2 heterocycles. The Bertz CT molecular complexity index is 804. The Morgan fingerprint density at radius 3 is 3.00 bits per heavy atom. The van der Waals surface area contributed by atoms with Crippen molar-refractivity contribution in [2.24, 2.45) is 5.10 Å². The normalized spacial score (nSPS) is 11.2. The first-order chi connectivity index (χ1) is 9.74. The van der Waals surface area contributed by atoms with Crippen LogP contribution in [0.2, 0.25) is 0 Å². The van der Waals surface area contributed by atoms with Crippen LogP contribution in [0, 0.1) is 4.77 Å². The maximum atomic E-state index is 5.31. The second-order valence-corrected chi connectivity index (χ2v) is 5.24. The summed E-state index contributed by atoms with van der Waals surface area (Å²) in [6, 6.07) is 11.4. The monoisotopic (exact) mass is 348 g/mol. The standard InChI is InChI=1S/C13H9BrN4OS/c14-10-4-1-3-9(7-10)8-15-18-12(16-17-13(18)20)11-5-2-6-19-11/h1-8H,(H,17,20)/b15-8+. The smallest absolute Gasteiger partial charge is 0.219 e. The Kier molecular flexibility index (Phi) is 3.62. The van der Waals surface area contributed by atoms with Crippen molar-refractivity contribution >= 4 is 34.4 Å². The fourth-order valence-electron chi connectivity index (χ4n) is 1.68. The van der Waals surface area contributed by atoms with Crippen LogP contribution in [0.1, 0.15) is 5.56 Å². The van der Waals surface area contributed by atoms with Crippen LogP contribution in [-0.2, 0) is 0 Å². The Labute approximate surface area is 128 Å². The predicted molar refractivity (Wildman–Crippen MR) is 82.2 cm³/mol. The first-order valence-electron chi connectivity index (χ1n) is 5.75. The Hall–Kier alpha value is -1.99. The summed E-state index contributed by atoms with van der Waals surface area (Å²) in [4.78, 5) is 0. The number of rotatable bonds is 3. The van der Waals surface area contributed by atoms with Crippen LogP contribution in [-0.4, -0.2) is 21.1 Å². The van der Waals surface area contributed by atoms with Crippen molar-refractivity contribution in [3.05, 3.63) is 57.5 Å². The van der Waals surface area contributed by atoms with Gasteiger partial charge in [0.2, 0.25) is 10.6 Å². The molecule has 100 valence electrons. The zero-order valence-electron chi connectivity index (χ0n) is 10.2. The highest BCUT2D eigenvalue weighted by atomic mass is 79.9. The van der Waals surface area contributed by atoms with Gasteiger partial charge in [0.1, 0.15) is 0 Å². The van der Waals surface area contributed by atoms with Gasteiger partial charge < -0.3 is 4.42 Å². The molecule has 0 bridgehead atoms. The number of nitrogens with zero attached hydrogens (tertiary/aromatic N) is 3. The zero-order valence-corrected chi connectivity index (χ0v) is 12.6. The number of hydrogen-bond donors (Lipinski definition) is 1. The van der Waals surface area contributed by atoms with Gasteiger partial charge in [-0.2, -0.15) is 9.78 Å². The number of furan rings is 1.